The van der Waals surface area contributed by atoms with Crippen LogP contribution in [0.5, 0.6) is 0 Å². The molecule has 2 rings (SSSR count). The molecule has 0 fully saturated rings. The summed E-state index contributed by atoms with van der Waals surface area (Å²) in [5, 5.41) is 7.58. The number of hydrogen-bond acceptors (Lipinski definition) is 4. The van der Waals surface area contributed by atoms with Gasteiger partial charge < -0.3 is 0 Å². The van der Waals surface area contributed by atoms with Crippen LogP contribution in [0.3, 0.4) is 0 Å². The summed E-state index contributed by atoms with van der Waals surface area (Å²) in [7, 11) is 0. The zero-order valence-corrected chi connectivity index (χ0v) is 16.6. The fourth-order valence-electron chi connectivity index (χ4n) is 2.37. The fourth-order valence-corrected chi connectivity index (χ4v) is 2.37. The quantitative estimate of drug-likeness (QED) is 0.458. The molecule has 146 valence electrons. The minimum Gasteiger partial charge on any atom is -0.262 e. The Morgan fingerprint density at radius 3 is 1.29 bits per heavy atom. The summed E-state index contributed by atoms with van der Waals surface area (Å²) < 4.78 is 0. The zero-order valence-electron chi connectivity index (χ0n) is 16.6. The molecule has 28 heavy (non-hydrogen) atoms. The first-order valence-electron chi connectivity index (χ1n) is 9.23. The molecule has 0 saturated heterocycles. The predicted octanol–water partition coefficient (Wildman–Crippen LogP) is 3.53. The van der Waals surface area contributed by atoms with E-state index in [4.69, 9.17) is 0 Å². The SMILES string of the molecule is CC(C)c1ccc(/C=N\NC(=O)C(=O)N/N=C/c2ccc(C(C)C)cc2)cc1. The van der Waals surface area contributed by atoms with Gasteiger partial charge in [-0.15, -0.1) is 0 Å². The lowest BCUT2D eigenvalue weighted by Gasteiger charge is -2.04. The molecular weight excluding hydrogens is 352 g/mol. The van der Waals surface area contributed by atoms with Gasteiger partial charge in [-0.1, -0.05) is 76.2 Å². The Morgan fingerprint density at radius 1 is 0.679 bits per heavy atom. The van der Waals surface area contributed by atoms with Crippen molar-refractivity contribution in [1.82, 2.24) is 10.9 Å². The Bertz CT molecular complexity index is 778. The van der Waals surface area contributed by atoms with Crippen molar-refractivity contribution >= 4 is 24.2 Å². The van der Waals surface area contributed by atoms with Crippen LogP contribution in [0.1, 0.15) is 61.8 Å². The second-order valence-corrected chi connectivity index (χ2v) is 7.04. The Balaban J connectivity index is 1.81. The summed E-state index contributed by atoms with van der Waals surface area (Å²) in [5.74, 6) is -0.879. The van der Waals surface area contributed by atoms with Gasteiger partial charge in [0.1, 0.15) is 0 Å². The average Bonchev–Trinajstić information content (AvgIpc) is 2.68. The van der Waals surface area contributed by atoms with E-state index in [-0.39, 0.29) is 0 Å². The fraction of sp³-hybridized carbons (Fsp3) is 0.273. The molecule has 2 aromatic carbocycles. The molecule has 0 radical (unpaired) electrons. The highest BCUT2D eigenvalue weighted by molar-refractivity contribution is 6.35. The Labute approximate surface area is 165 Å². The number of nitrogens with one attached hydrogen (secondary N) is 2. The minimum absolute atomic E-state index is 0.447. The van der Waals surface area contributed by atoms with E-state index in [1.54, 1.807) is 0 Å². The number of carbonyl (C=O) groups is 2. The molecule has 6 nitrogen and oxygen atoms in total. The van der Waals surface area contributed by atoms with Crippen molar-refractivity contribution in [3.8, 4) is 0 Å². The lowest BCUT2D eigenvalue weighted by Crippen LogP contribution is -2.35. The highest BCUT2D eigenvalue weighted by Gasteiger charge is 2.11. The zero-order chi connectivity index (χ0) is 20.5. The standard InChI is InChI=1S/C22H26N4O2/c1-15(2)19-9-5-17(6-10-19)13-23-25-21(27)22(28)26-24-14-18-7-11-20(12-8-18)16(3)4/h5-16H,1-4H3,(H,25,27)(H,26,28)/b23-13-,24-14+. The van der Waals surface area contributed by atoms with Crippen molar-refractivity contribution in [2.75, 3.05) is 0 Å². The Morgan fingerprint density at radius 2 is 1.00 bits per heavy atom. The van der Waals surface area contributed by atoms with Crippen LogP contribution in [0.4, 0.5) is 0 Å². The molecule has 0 spiro atoms. The van der Waals surface area contributed by atoms with Gasteiger partial charge >= 0.3 is 11.8 Å². The van der Waals surface area contributed by atoms with Crippen molar-refractivity contribution in [2.24, 2.45) is 10.2 Å². The smallest absolute Gasteiger partial charge is 0.262 e. The van der Waals surface area contributed by atoms with Gasteiger partial charge in [0.2, 0.25) is 0 Å². The van der Waals surface area contributed by atoms with Gasteiger partial charge in [-0.3, -0.25) is 9.59 Å². The highest BCUT2D eigenvalue weighted by atomic mass is 16.2. The maximum absolute atomic E-state index is 11.7. The van der Waals surface area contributed by atoms with Gasteiger partial charge in [-0.2, -0.15) is 10.2 Å². The molecule has 0 heterocycles. The Hall–Kier alpha value is -3.28. The molecule has 0 saturated carbocycles. The van der Waals surface area contributed by atoms with Crippen LogP contribution in [0.2, 0.25) is 0 Å². The maximum atomic E-state index is 11.7. The van der Waals surface area contributed by atoms with E-state index in [9.17, 15) is 9.59 Å². The third-order valence-corrected chi connectivity index (χ3v) is 4.17. The van der Waals surface area contributed by atoms with E-state index in [0.29, 0.717) is 11.8 Å². The van der Waals surface area contributed by atoms with Gasteiger partial charge in [0, 0.05) is 0 Å². The van der Waals surface area contributed by atoms with Gasteiger partial charge in [0.15, 0.2) is 0 Å². The topological polar surface area (TPSA) is 82.9 Å². The number of rotatable bonds is 6. The minimum atomic E-state index is -0.887. The van der Waals surface area contributed by atoms with E-state index in [2.05, 4.69) is 48.7 Å². The third kappa shape index (κ3) is 6.46. The van der Waals surface area contributed by atoms with Gasteiger partial charge in [-0.25, -0.2) is 10.9 Å². The van der Waals surface area contributed by atoms with Gasteiger partial charge in [0.05, 0.1) is 12.4 Å². The summed E-state index contributed by atoms with van der Waals surface area (Å²) >= 11 is 0. The van der Waals surface area contributed by atoms with E-state index < -0.39 is 11.8 Å². The summed E-state index contributed by atoms with van der Waals surface area (Å²) in [6, 6.07) is 15.6. The molecule has 0 aliphatic heterocycles. The molecular formula is C22H26N4O2. The van der Waals surface area contributed by atoms with Crippen molar-refractivity contribution in [1.29, 1.82) is 0 Å². The van der Waals surface area contributed by atoms with Crippen LogP contribution in [0.25, 0.3) is 0 Å². The molecule has 0 atom stereocenters. The Kier molecular flexibility index (Phi) is 7.63. The summed E-state index contributed by atoms with van der Waals surface area (Å²) in [5.41, 5.74) is 8.46. The third-order valence-electron chi connectivity index (χ3n) is 4.17. The van der Waals surface area contributed by atoms with Crippen LogP contribution in [0, 0.1) is 0 Å². The number of nitrogens with zero attached hydrogens (tertiary/aromatic N) is 2. The van der Waals surface area contributed by atoms with Crippen LogP contribution >= 0.6 is 0 Å². The molecule has 0 unspecified atom stereocenters. The first kappa shape index (κ1) is 21.0. The highest BCUT2D eigenvalue weighted by Crippen LogP contribution is 2.14. The van der Waals surface area contributed by atoms with E-state index in [1.807, 2.05) is 48.5 Å². The van der Waals surface area contributed by atoms with E-state index in [0.717, 1.165) is 11.1 Å². The molecule has 0 bridgehead atoms. The van der Waals surface area contributed by atoms with Gasteiger partial charge in [-0.05, 0) is 34.1 Å². The molecule has 0 aliphatic rings. The first-order chi connectivity index (χ1) is 13.4. The van der Waals surface area contributed by atoms with E-state index in [1.165, 1.54) is 23.6 Å². The van der Waals surface area contributed by atoms with Gasteiger partial charge in [0.25, 0.3) is 0 Å². The molecule has 0 aromatic heterocycles. The summed E-state index contributed by atoms with van der Waals surface area (Å²) in [4.78, 5) is 23.5. The van der Waals surface area contributed by atoms with Crippen LogP contribution in [-0.2, 0) is 9.59 Å². The lowest BCUT2D eigenvalue weighted by molar-refractivity contribution is -0.139. The number of hydrogen-bond donors (Lipinski definition) is 2. The largest absolute Gasteiger partial charge is 0.331 e. The number of carbonyl (C=O) groups excluding carboxylic acids is 2. The number of benzene rings is 2. The van der Waals surface area contributed by atoms with E-state index >= 15 is 0 Å². The second kappa shape index (κ2) is 10.2. The molecule has 2 amide bonds. The van der Waals surface area contributed by atoms with Crippen molar-refractivity contribution in [3.63, 3.8) is 0 Å². The van der Waals surface area contributed by atoms with Crippen molar-refractivity contribution in [2.45, 2.75) is 39.5 Å². The number of amides is 2. The monoisotopic (exact) mass is 378 g/mol. The van der Waals surface area contributed by atoms with Crippen LogP contribution in [-0.4, -0.2) is 24.2 Å². The molecule has 2 N–H and O–H groups in total. The first-order valence-corrected chi connectivity index (χ1v) is 9.23. The summed E-state index contributed by atoms with van der Waals surface area (Å²) in [6.07, 6.45) is 2.96. The second-order valence-electron chi connectivity index (χ2n) is 7.04. The predicted molar refractivity (Wildman–Crippen MR) is 113 cm³/mol. The van der Waals surface area contributed by atoms with Crippen molar-refractivity contribution < 1.29 is 9.59 Å². The molecule has 2 aromatic rings. The maximum Gasteiger partial charge on any atom is 0.331 e. The van der Waals surface area contributed by atoms with Crippen LogP contribution in [0.15, 0.2) is 58.7 Å². The van der Waals surface area contributed by atoms with Crippen molar-refractivity contribution in [3.05, 3.63) is 70.8 Å². The average molecular weight is 378 g/mol. The number of hydrazone groups is 2. The molecule has 6 heteroatoms. The van der Waals surface area contributed by atoms with Crippen LogP contribution < -0.4 is 10.9 Å². The summed E-state index contributed by atoms with van der Waals surface area (Å²) in [6.45, 7) is 8.46. The normalized spacial score (nSPS) is 11.5. The molecule has 0 aliphatic carbocycles. The lowest BCUT2D eigenvalue weighted by atomic mass is 10.0.